The van der Waals surface area contributed by atoms with Crippen molar-refractivity contribution < 1.29 is 19.0 Å². The Morgan fingerprint density at radius 2 is 1.76 bits per heavy atom. The summed E-state index contributed by atoms with van der Waals surface area (Å²) in [6.45, 7) is 4.91. The maximum absolute atomic E-state index is 13.5. The fourth-order valence-electron chi connectivity index (χ4n) is 4.16. The second-order valence-electron chi connectivity index (χ2n) is 7.94. The molecule has 5 rings (SSSR count). The van der Waals surface area contributed by atoms with Crippen LogP contribution in [0.5, 0.6) is 17.2 Å². The zero-order chi connectivity index (χ0) is 20.1. The van der Waals surface area contributed by atoms with Crippen molar-refractivity contribution in [2.45, 2.75) is 32.7 Å². The van der Waals surface area contributed by atoms with Gasteiger partial charge in [0.2, 0.25) is 6.79 Å². The number of nitrogens with zero attached hydrogens (tertiary/aromatic N) is 1. The number of aromatic nitrogens is 1. The predicted molar refractivity (Wildman–Crippen MR) is 108 cm³/mol. The highest BCUT2D eigenvalue weighted by molar-refractivity contribution is 5.82. The van der Waals surface area contributed by atoms with Crippen LogP contribution in [0.1, 0.15) is 37.3 Å². The highest BCUT2D eigenvalue weighted by atomic mass is 16.7. The second kappa shape index (κ2) is 6.65. The van der Waals surface area contributed by atoms with Crippen LogP contribution in [0.3, 0.4) is 0 Å². The first-order chi connectivity index (χ1) is 14.0. The Labute approximate surface area is 167 Å². The number of fused-ring (bicyclic) bond motifs is 3. The third kappa shape index (κ3) is 2.95. The van der Waals surface area contributed by atoms with Gasteiger partial charge < -0.3 is 18.8 Å². The van der Waals surface area contributed by atoms with Crippen LogP contribution in [0.25, 0.3) is 10.9 Å². The minimum absolute atomic E-state index is 0.0688. The van der Waals surface area contributed by atoms with Gasteiger partial charge in [0.25, 0.3) is 5.56 Å². The molecule has 6 heteroatoms. The number of rotatable bonds is 3. The molecule has 0 spiro atoms. The van der Waals surface area contributed by atoms with Crippen LogP contribution in [0.15, 0.2) is 47.3 Å². The monoisotopic (exact) mass is 391 g/mol. The molecule has 0 N–H and O–H groups in total. The van der Waals surface area contributed by atoms with E-state index in [2.05, 4.69) is 13.8 Å². The van der Waals surface area contributed by atoms with Gasteiger partial charge in [0.1, 0.15) is 5.75 Å². The lowest BCUT2D eigenvalue weighted by Gasteiger charge is -2.26. The second-order valence-corrected chi connectivity index (χ2v) is 7.94. The van der Waals surface area contributed by atoms with Gasteiger partial charge in [-0.15, -0.1) is 0 Å². The van der Waals surface area contributed by atoms with E-state index in [-0.39, 0.29) is 24.7 Å². The molecule has 2 aromatic carbocycles. The van der Waals surface area contributed by atoms with E-state index in [1.165, 1.54) is 0 Å². The summed E-state index contributed by atoms with van der Waals surface area (Å²) in [5.41, 5.74) is 2.21. The quantitative estimate of drug-likeness (QED) is 0.501. The lowest BCUT2D eigenvalue weighted by atomic mass is 9.86. The van der Waals surface area contributed by atoms with Crippen LogP contribution >= 0.6 is 0 Å². The number of benzene rings is 2. The Hall–Kier alpha value is -3.28. The van der Waals surface area contributed by atoms with Gasteiger partial charge in [0.05, 0.1) is 11.9 Å². The molecule has 1 aromatic heterocycles. The first-order valence-electron chi connectivity index (χ1n) is 9.78. The largest absolute Gasteiger partial charge is 0.454 e. The molecule has 0 fully saturated rings. The number of hydrogen-bond acceptors (Lipinski definition) is 5. The van der Waals surface area contributed by atoms with E-state index < -0.39 is 5.92 Å². The smallest absolute Gasteiger partial charge is 0.312 e. The molecule has 0 amide bonds. The molecule has 2 aliphatic heterocycles. The summed E-state index contributed by atoms with van der Waals surface area (Å²) in [7, 11) is 0. The van der Waals surface area contributed by atoms with E-state index in [1.54, 1.807) is 6.07 Å². The molecule has 0 saturated carbocycles. The van der Waals surface area contributed by atoms with Crippen molar-refractivity contribution in [3.05, 3.63) is 63.9 Å². The first-order valence-corrected chi connectivity index (χ1v) is 9.78. The molecule has 0 aliphatic carbocycles. The van der Waals surface area contributed by atoms with Crippen LogP contribution < -0.4 is 19.8 Å². The van der Waals surface area contributed by atoms with Crippen LogP contribution in [0, 0.1) is 5.92 Å². The summed E-state index contributed by atoms with van der Waals surface area (Å²) < 4.78 is 18.2. The number of esters is 1. The van der Waals surface area contributed by atoms with Gasteiger partial charge in [0.15, 0.2) is 11.5 Å². The lowest BCUT2D eigenvalue weighted by molar-refractivity contribution is -0.135. The number of ether oxygens (including phenoxy) is 3. The summed E-state index contributed by atoms with van der Waals surface area (Å²) >= 11 is 0. The van der Waals surface area contributed by atoms with Gasteiger partial charge in [-0.05, 0) is 29.5 Å². The SMILES string of the molecule is CC(C)Cn1c(=O)c([C@H]2CC(=O)Oc3cc4c(cc32)OCO4)cc2ccccc21. The van der Waals surface area contributed by atoms with Gasteiger partial charge >= 0.3 is 5.97 Å². The number of para-hydroxylation sites is 1. The maximum Gasteiger partial charge on any atom is 0.312 e. The Bertz CT molecular complexity index is 1190. The highest BCUT2D eigenvalue weighted by Crippen LogP contribution is 2.45. The van der Waals surface area contributed by atoms with Crippen molar-refractivity contribution >= 4 is 16.9 Å². The average molecular weight is 391 g/mol. The summed E-state index contributed by atoms with van der Waals surface area (Å²) in [5.74, 6) is 1.14. The molecule has 29 heavy (non-hydrogen) atoms. The summed E-state index contributed by atoms with van der Waals surface area (Å²) in [6, 6.07) is 13.3. The minimum atomic E-state index is -0.392. The van der Waals surface area contributed by atoms with Crippen molar-refractivity contribution in [3.8, 4) is 17.2 Å². The van der Waals surface area contributed by atoms with Gasteiger partial charge in [-0.2, -0.15) is 0 Å². The number of carbonyl (C=O) groups is 1. The Kier molecular flexibility index (Phi) is 4.08. The van der Waals surface area contributed by atoms with E-state index in [1.807, 2.05) is 41.0 Å². The summed E-state index contributed by atoms with van der Waals surface area (Å²) in [6.07, 6.45) is 0.113. The predicted octanol–water partition coefficient (Wildman–Crippen LogP) is 3.83. The summed E-state index contributed by atoms with van der Waals surface area (Å²) in [4.78, 5) is 25.9. The number of hydrogen-bond donors (Lipinski definition) is 0. The lowest BCUT2D eigenvalue weighted by Crippen LogP contribution is -2.30. The number of pyridine rings is 1. The Morgan fingerprint density at radius 1 is 1.00 bits per heavy atom. The Balaban J connectivity index is 1.73. The van der Waals surface area contributed by atoms with E-state index in [4.69, 9.17) is 14.2 Å². The Morgan fingerprint density at radius 3 is 2.55 bits per heavy atom. The normalized spacial score (nSPS) is 17.5. The topological polar surface area (TPSA) is 66.8 Å². The van der Waals surface area contributed by atoms with E-state index in [0.717, 1.165) is 16.5 Å². The van der Waals surface area contributed by atoms with Crippen LogP contribution in [0.2, 0.25) is 0 Å². The molecule has 2 aliphatic rings. The van der Waals surface area contributed by atoms with Gasteiger partial charge in [-0.25, -0.2) is 0 Å². The highest BCUT2D eigenvalue weighted by Gasteiger charge is 2.33. The van der Waals surface area contributed by atoms with Crippen LogP contribution in [-0.2, 0) is 11.3 Å². The fourth-order valence-corrected chi connectivity index (χ4v) is 4.16. The molecule has 0 radical (unpaired) electrons. The van der Waals surface area contributed by atoms with Crippen LogP contribution in [-0.4, -0.2) is 17.3 Å². The molecule has 148 valence electrons. The number of carbonyl (C=O) groups excluding carboxylic acids is 1. The molecule has 3 aromatic rings. The third-order valence-electron chi connectivity index (χ3n) is 5.43. The van der Waals surface area contributed by atoms with Crippen LogP contribution in [0.4, 0.5) is 0 Å². The van der Waals surface area contributed by atoms with E-state index >= 15 is 0 Å². The van der Waals surface area contributed by atoms with Crippen molar-refractivity contribution in [2.75, 3.05) is 6.79 Å². The molecule has 3 heterocycles. The van der Waals surface area contributed by atoms with Crippen molar-refractivity contribution in [2.24, 2.45) is 5.92 Å². The van der Waals surface area contributed by atoms with E-state index in [0.29, 0.717) is 35.3 Å². The van der Waals surface area contributed by atoms with Crippen molar-refractivity contribution in [3.63, 3.8) is 0 Å². The minimum Gasteiger partial charge on any atom is -0.454 e. The van der Waals surface area contributed by atoms with Crippen molar-refractivity contribution in [1.29, 1.82) is 0 Å². The van der Waals surface area contributed by atoms with E-state index in [9.17, 15) is 9.59 Å². The molecular weight excluding hydrogens is 370 g/mol. The molecule has 0 saturated heterocycles. The van der Waals surface area contributed by atoms with Gasteiger partial charge in [0, 0.05) is 29.7 Å². The molecule has 6 nitrogen and oxygen atoms in total. The zero-order valence-electron chi connectivity index (χ0n) is 16.3. The van der Waals surface area contributed by atoms with Gasteiger partial charge in [-0.1, -0.05) is 32.0 Å². The zero-order valence-corrected chi connectivity index (χ0v) is 16.3. The summed E-state index contributed by atoms with van der Waals surface area (Å²) in [5, 5.41) is 0.976. The maximum atomic E-state index is 13.5. The average Bonchev–Trinajstić information content (AvgIpc) is 3.15. The first kappa shape index (κ1) is 17.8. The van der Waals surface area contributed by atoms with Crippen molar-refractivity contribution in [1.82, 2.24) is 4.57 Å². The molecule has 0 unspecified atom stereocenters. The molecule has 1 atom stereocenters. The van der Waals surface area contributed by atoms with Gasteiger partial charge in [-0.3, -0.25) is 9.59 Å². The third-order valence-corrected chi connectivity index (χ3v) is 5.43. The molecular formula is C23H21NO5. The fraction of sp³-hybridized carbons (Fsp3) is 0.304. The standard InChI is InChI=1S/C23H21NO5/c1-13(2)11-24-18-6-4-3-5-14(18)7-17(23(24)26)15-9-22(25)29-19-10-21-20(8-16(15)19)27-12-28-21/h3-8,10,13,15H,9,11-12H2,1-2H3/t15-/m0/s1. The molecule has 0 bridgehead atoms.